The summed E-state index contributed by atoms with van der Waals surface area (Å²) in [6, 6.07) is 7.67. The van der Waals surface area contributed by atoms with Gasteiger partial charge in [-0.25, -0.2) is 0 Å². The third kappa shape index (κ3) is 5.14. The molecule has 0 bridgehead atoms. The van der Waals surface area contributed by atoms with Crippen molar-refractivity contribution in [2.45, 2.75) is 13.5 Å². The van der Waals surface area contributed by atoms with Gasteiger partial charge in [0.2, 0.25) is 0 Å². The highest BCUT2D eigenvalue weighted by atomic mass is 35.5. The number of thiocarbonyl (C=S) groups is 1. The largest absolute Gasteiger partial charge is 0.359 e. The van der Waals surface area contributed by atoms with E-state index in [1.54, 1.807) is 0 Å². The SMILES string of the molecule is C=C(C)CNC(=S)NCc1ccc(Cl)cc1. The fraction of sp³-hybridized carbons (Fsp3) is 0.250. The van der Waals surface area contributed by atoms with Gasteiger partial charge in [0.15, 0.2) is 5.11 Å². The molecule has 0 amide bonds. The van der Waals surface area contributed by atoms with E-state index in [4.69, 9.17) is 23.8 Å². The van der Waals surface area contributed by atoms with Crippen LogP contribution in [0, 0.1) is 0 Å². The van der Waals surface area contributed by atoms with Crippen molar-refractivity contribution >= 4 is 28.9 Å². The Hall–Kier alpha value is -1.06. The number of nitrogens with one attached hydrogen (secondary N) is 2. The summed E-state index contributed by atoms with van der Waals surface area (Å²) in [7, 11) is 0. The van der Waals surface area contributed by atoms with E-state index >= 15 is 0 Å². The van der Waals surface area contributed by atoms with E-state index in [2.05, 4.69) is 17.2 Å². The first-order chi connectivity index (χ1) is 7.58. The van der Waals surface area contributed by atoms with E-state index in [0.29, 0.717) is 18.2 Å². The van der Waals surface area contributed by atoms with Gasteiger partial charge in [0.1, 0.15) is 0 Å². The quantitative estimate of drug-likeness (QED) is 0.638. The van der Waals surface area contributed by atoms with Gasteiger partial charge < -0.3 is 10.6 Å². The topological polar surface area (TPSA) is 24.1 Å². The summed E-state index contributed by atoms with van der Waals surface area (Å²) in [4.78, 5) is 0. The van der Waals surface area contributed by atoms with Crippen LogP contribution in [0.5, 0.6) is 0 Å². The smallest absolute Gasteiger partial charge is 0.166 e. The number of rotatable bonds is 4. The molecule has 0 saturated carbocycles. The molecule has 0 heterocycles. The molecule has 0 saturated heterocycles. The van der Waals surface area contributed by atoms with Gasteiger partial charge in [-0.15, -0.1) is 0 Å². The van der Waals surface area contributed by atoms with Crippen molar-refractivity contribution < 1.29 is 0 Å². The molecule has 0 fully saturated rings. The lowest BCUT2D eigenvalue weighted by Crippen LogP contribution is -2.35. The maximum Gasteiger partial charge on any atom is 0.166 e. The van der Waals surface area contributed by atoms with E-state index in [1.807, 2.05) is 31.2 Å². The molecule has 4 heteroatoms. The minimum absolute atomic E-state index is 0.637. The van der Waals surface area contributed by atoms with Crippen LogP contribution in [-0.4, -0.2) is 11.7 Å². The molecule has 1 aromatic rings. The van der Waals surface area contributed by atoms with E-state index in [9.17, 15) is 0 Å². The third-order valence-corrected chi connectivity index (χ3v) is 2.46. The maximum atomic E-state index is 5.79. The second kappa shape index (κ2) is 6.51. The zero-order valence-electron chi connectivity index (χ0n) is 9.22. The van der Waals surface area contributed by atoms with Crippen LogP contribution < -0.4 is 10.6 Å². The van der Waals surface area contributed by atoms with Crippen LogP contribution in [-0.2, 0) is 6.54 Å². The molecule has 0 aliphatic heterocycles. The predicted molar refractivity (Wildman–Crippen MR) is 73.7 cm³/mol. The highest BCUT2D eigenvalue weighted by molar-refractivity contribution is 7.80. The molecule has 0 spiro atoms. The standard InChI is InChI=1S/C12H15ClN2S/c1-9(2)7-14-12(16)15-8-10-3-5-11(13)6-4-10/h3-6H,1,7-8H2,2H3,(H2,14,15,16). The summed E-state index contributed by atoms with van der Waals surface area (Å²) >= 11 is 10.9. The first kappa shape index (κ1) is 13.0. The zero-order valence-corrected chi connectivity index (χ0v) is 10.8. The average Bonchev–Trinajstić information content (AvgIpc) is 2.25. The van der Waals surface area contributed by atoms with Gasteiger partial charge in [-0.05, 0) is 36.8 Å². The lowest BCUT2D eigenvalue weighted by atomic mass is 10.2. The van der Waals surface area contributed by atoms with Crippen molar-refractivity contribution in [3.8, 4) is 0 Å². The first-order valence-corrected chi connectivity index (χ1v) is 5.77. The van der Waals surface area contributed by atoms with Crippen molar-refractivity contribution in [2.24, 2.45) is 0 Å². The number of halogens is 1. The van der Waals surface area contributed by atoms with Crippen LogP contribution in [0.25, 0.3) is 0 Å². The first-order valence-electron chi connectivity index (χ1n) is 4.98. The molecule has 0 aliphatic rings. The molecular formula is C12H15ClN2S. The monoisotopic (exact) mass is 254 g/mol. The molecular weight excluding hydrogens is 240 g/mol. The molecule has 0 atom stereocenters. The predicted octanol–water partition coefficient (Wildman–Crippen LogP) is 2.88. The molecule has 86 valence electrons. The van der Waals surface area contributed by atoms with Crippen molar-refractivity contribution in [2.75, 3.05) is 6.54 Å². The Morgan fingerprint density at radius 3 is 2.50 bits per heavy atom. The lowest BCUT2D eigenvalue weighted by molar-refractivity contribution is 0.862. The Labute approximate surface area is 107 Å². The Balaban J connectivity index is 2.31. The Bertz CT molecular complexity index is 373. The molecule has 0 aromatic heterocycles. The van der Waals surface area contributed by atoms with Gasteiger partial charge in [-0.1, -0.05) is 35.9 Å². The van der Waals surface area contributed by atoms with Gasteiger partial charge in [0.05, 0.1) is 0 Å². The summed E-state index contributed by atoms with van der Waals surface area (Å²) in [5.74, 6) is 0. The normalized spacial score (nSPS) is 9.62. The minimum Gasteiger partial charge on any atom is -0.359 e. The minimum atomic E-state index is 0.637. The fourth-order valence-electron chi connectivity index (χ4n) is 1.08. The molecule has 0 unspecified atom stereocenters. The summed E-state index contributed by atoms with van der Waals surface area (Å²) in [6.45, 7) is 7.14. The van der Waals surface area contributed by atoms with Crippen molar-refractivity contribution in [1.82, 2.24) is 10.6 Å². The summed E-state index contributed by atoms with van der Waals surface area (Å²) in [5.41, 5.74) is 2.19. The Morgan fingerprint density at radius 1 is 1.31 bits per heavy atom. The summed E-state index contributed by atoms with van der Waals surface area (Å²) in [5, 5.41) is 7.55. The van der Waals surface area contributed by atoms with E-state index in [-0.39, 0.29) is 0 Å². The summed E-state index contributed by atoms with van der Waals surface area (Å²) < 4.78 is 0. The van der Waals surface area contributed by atoms with E-state index in [1.165, 1.54) is 0 Å². The molecule has 0 aliphatic carbocycles. The number of hydrogen-bond donors (Lipinski definition) is 2. The molecule has 0 radical (unpaired) electrons. The highest BCUT2D eigenvalue weighted by Gasteiger charge is 1.96. The molecule has 1 rings (SSSR count). The number of benzene rings is 1. The van der Waals surface area contributed by atoms with E-state index < -0.39 is 0 Å². The van der Waals surface area contributed by atoms with Crippen LogP contribution >= 0.6 is 23.8 Å². The Morgan fingerprint density at radius 2 is 1.94 bits per heavy atom. The fourth-order valence-corrected chi connectivity index (χ4v) is 1.35. The van der Waals surface area contributed by atoms with Crippen LogP contribution in [0.1, 0.15) is 12.5 Å². The lowest BCUT2D eigenvalue weighted by Gasteiger charge is -2.10. The average molecular weight is 255 g/mol. The van der Waals surface area contributed by atoms with Crippen LogP contribution in [0.4, 0.5) is 0 Å². The van der Waals surface area contributed by atoms with Gasteiger partial charge in [0.25, 0.3) is 0 Å². The highest BCUT2D eigenvalue weighted by Crippen LogP contribution is 2.08. The molecule has 2 nitrogen and oxygen atoms in total. The van der Waals surface area contributed by atoms with Crippen molar-refractivity contribution in [3.05, 3.63) is 47.0 Å². The third-order valence-electron chi connectivity index (χ3n) is 1.92. The zero-order chi connectivity index (χ0) is 12.0. The number of hydrogen-bond acceptors (Lipinski definition) is 1. The second-order valence-corrected chi connectivity index (χ2v) is 4.46. The van der Waals surface area contributed by atoms with E-state index in [0.717, 1.165) is 16.2 Å². The molecule has 16 heavy (non-hydrogen) atoms. The van der Waals surface area contributed by atoms with Crippen LogP contribution in [0.2, 0.25) is 5.02 Å². The van der Waals surface area contributed by atoms with Gasteiger partial charge in [-0.3, -0.25) is 0 Å². The molecule has 2 N–H and O–H groups in total. The van der Waals surface area contributed by atoms with Gasteiger partial charge >= 0.3 is 0 Å². The van der Waals surface area contributed by atoms with Gasteiger partial charge in [0, 0.05) is 18.1 Å². The van der Waals surface area contributed by atoms with Crippen LogP contribution in [0.15, 0.2) is 36.4 Å². The second-order valence-electron chi connectivity index (χ2n) is 3.62. The van der Waals surface area contributed by atoms with Crippen molar-refractivity contribution in [3.63, 3.8) is 0 Å². The Kier molecular flexibility index (Phi) is 5.29. The van der Waals surface area contributed by atoms with Crippen molar-refractivity contribution in [1.29, 1.82) is 0 Å². The van der Waals surface area contributed by atoms with Gasteiger partial charge in [-0.2, -0.15) is 0 Å². The molecule has 1 aromatic carbocycles. The maximum absolute atomic E-state index is 5.79. The van der Waals surface area contributed by atoms with Crippen LogP contribution in [0.3, 0.4) is 0 Å². The summed E-state index contributed by atoms with van der Waals surface area (Å²) in [6.07, 6.45) is 0.